The predicted molar refractivity (Wildman–Crippen MR) is 137 cm³/mol. The second-order valence-electron chi connectivity index (χ2n) is 7.66. The SMILES string of the molecule is O=C(c1cnn(-c2ccccc2)c1-c1ccsc1)c1cnn(-c2ccccc2)c1-c1ccsc1. The van der Waals surface area contributed by atoms with Crippen LogP contribution in [-0.2, 0) is 0 Å². The van der Waals surface area contributed by atoms with E-state index in [9.17, 15) is 4.79 Å². The van der Waals surface area contributed by atoms with E-state index in [1.54, 1.807) is 35.1 Å². The molecule has 0 bridgehead atoms. The molecule has 0 saturated heterocycles. The first kappa shape index (κ1) is 20.5. The fraction of sp³-hybridized carbons (Fsp3) is 0. The van der Waals surface area contributed by atoms with Gasteiger partial charge >= 0.3 is 0 Å². The van der Waals surface area contributed by atoms with E-state index in [0.717, 1.165) is 33.9 Å². The third-order valence-corrected chi connectivity index (χ3v) is 6.98. The maximum absolute atomic E-state index is 14.1. The van der Waals surface area contributed by atoms with Crippen LogP contribution in [0.1, 0.15) is 15.9 Å². The lowest BCUT2D eigenvalue weighted by atomic mass is 9.99. The molecule has 7 heteroatoms. The lowest BCUT2D eigenvalue weighted by Crippen LogP contribution is -2.06. The van der Waals surface area contributed by atoms with Crippen molar-refractivity contribution >= 4 is 28.5 Å². The van der Waals surface area contributed by atoms with Crippen molar-refractivity contribution in [2.75, 3.05) is 0 Å². The molecule has 6 aromatic rings. The molecule has 34 heavy (non-hydrogen) atoms. The summed E-state index contributed by atoms with van der Waals surface area (Å²) < 4.78 is 3.67. The fourth-order valence-electron chi connectivity index (χ4n) is 4.06. The lowest BCUT2D eigenvalue weighted by Gasteiger charge is -2.10. The van der Waals surface area contributed by atoms with Gasteiger partial charge in [0.15, 0.2) is 0 Å². The van der Waals surface area contributed by atoms with Crippen molar-refractivity contribution in [3.05, 3.63) is 118 Å². The Morgan fingerprint density at radius 1 is 0.618 bits per heavy atom. The van der Waals surface area contributed by atoms with Gasteiger partial charge in [-0.1, -0.05) is 36.4 Å². The summed E-state index contributed by atoms with van der Waals surface area (Å²) in [7, 11) is 0. The Hall–Kier alpha value is -4.07. The normalized spacial score (nSPS) is 11.1. The monoisotopic (exact) mass is 478 g/mol. The van der Waals surface area contributed by atoms with Gasteiger partial charge in [-0.15, -0.1) is 0 Å². The van der Waals surface area contributed by atoms with Gasteiger partial charge in [-0.25, -0.2) is 9.36 Å². The van der Waals surface area contributed by atoms with E-state index in [4.69, 9.17) is 0 Å². The van der Waals surface area contributed by atoms with Crippen molar-refractivity contribution in [1.29, 1.82) is 0 Å². The second-order valence-corrected chi connectivity index (χ2v) is 9.22. The minimum Gasteiger partial charge on any atom is -0.288 e. The third kappa shape index (κ3) is 3.51. The molecule has 164 valence electrons. The van der Waals surface area contributed by atoms with Gasteiger partial charge in [0.1, 0.15) is 0 Å². The number of benzene rings is 2. The van der Waals surface area contributed by atoms with Crippen LogP contribution in [0.2, 0.25) is 0 Å². The van der Waals surface area contributed by atoms with E-state index in [1.807, 2.05) is 104 Å². The number of hydrogen-bond donors (Lipinski definition) is 0. The van der Waals surface area contributed by atoms with E-state index >= 15 is 0 Å². The largest absolute Gasteiger partial charge is 0.288 e. The molecule has 0 saturated carbocycles. The van der Waals surface area contributed by atoms with Crippen LogP contribution in [0, 0.1) is 0 Å². The van der Waals surface area contributed by atoms with Crippen LogP contribution in [0.25, 0.3) is 33.9 Å². The van der Waals surface area contributed by atoms with Crippen molar-refractivity contribution in [3.63, 3.8) is 0 Å². The van der Waals surface area contributed by atoms with Crippen molar-refractivity contribution < 1.29 is 4.79 Å². The van der Waals surface area contributed by atoms with Gasteiger partial charge in [-0.3, -0.25) is 4.79 Å². The number of carbonyl (C=O) groups excluding carboxylic acids is 1. The van der Waals surface area contributed by atoms with Crippen molar-refractivity contribution in [2.45, 2.75) is 0 Å². The van der Waals surface area contributed by atoms with E-state index < -0.39 is 0 Å². The van der Waals surface area contributed by atoms with Crippen LogP contribution < -0.4 is 0 Å². The molecule has 5 nitrogen and oxygen atoms in total. The number of carbonyl (C=O) groups is 1. The summed E-state index contributed by atoms with van der Waals surface area (Å²) in [5.74, 6) is -0.105. The summed E-state index contributed by atoms with van der Waals surface area (Å²) in [4.78, 5) is 14.1. The third-order valence-electron chi connectivity index (χ3n) is 5.62. The quantitative estimate of drug-likeness (QED) is 0.249. The summed E-state index contributed by atoms with van der Waals surface area (Å²) in [5.41, 5.74) is 6.38. The van der Waals surface area contributed by atoms with Gasteiger partial charge in [-0.05, 0) is 47.2 Å². The van der Waals surface area contributed by atoms with Crippen LogP contribution in [0.4, 0.5) is 0 Å². The molecule has 0 amide bonds. The second kappa shape index (κ2) is 8.70. The van der Waals surface area contributed by atoms with Crippen molar-refractivity contribution in [1.82, 2.24) is 19.6 Å². The van der Waals surface area contributed by atoms with E-state index in [2.05, 4.69) is 10.2 Å². The van der Waals surface area contributed by atoms with E-state index in [1.165, 1.54) is 0 Å². The summed E-state index contributed by atoms with van der Waals surface area (Å²) in [6.45, 7) is 0. The number of nitrogens with zero attached hydrogens (tertiary/aromatic N) is 4. The first-order valence-corrected chi connectivity index (χ1v) is 12.6. The minimum atomic E-state index is -0.105. The zero-order valence-corrected chi connectivity index (χ0v) is 19.5. The molecule has 0 atom stereocenters. The van der Waals surface area contributed by atoms with Gasteiger partial charge < -0.3 is 0 Å². The molecule has 4 heterocycles. The molecule has 0 radical (unpaired) electrons. The molecule has 0 aliphatic carbocycles. The Morgan fingerprint density at radius 2 is 1.06 bits per heavy atom. The van der Waals surface area contributed by atoms with Crippen LogP contribution in [0.3, 0.4) is 0 Å². The van der Waals surface area contributed by atoms with E-state index in [-0.39, 0.29) is 5.78 Å². The average Bonchev–Trinajstić information content (AvgIpc) is 3.70. The van der Waals surface area contributed by atoms with Gasteiger partial charge in [0.25, 0.3) is 0 Å². The van der Waals surface area contributed by atoms with Crippen LogP contribution in [-0.4, -0.2) is 25.3 Å². The number of aromatic nitrogens is 4. The number of ketones is 1. The predicted octanol–water partition coefficient (Wildman–Crippen LogP) is 6.75. The maximum Gasteiger partial charge on any atom is 0.200 e. The summed E-state index contributed by atoms with van der Waals surface area (Å²) in [6.07, 6.45) is 3.33. The summed E-state index contributed by atoms with van der Waals surface area (Å²) >= 11 is 3.19. The maximum atomic E-state index is 14.1. The Balaban J connectivity index is 1.54. The standard InChI is InChI=1S/C27H18N4OS2/c32-27(23-15-28-30(21-7-3-1-4-8-21)25(23)19-11-13-33-17-19)24-16-29-31(22-9-5-2-6-10-22)26(24)20-12-14-34-18-20/h1-18H. The number of para-hydroxylation sites is 2. The smallest absolute Gasteiger partial charge is 0.200 e. The van der Waals surface area contributed by atoms with Crippen LogP contribution in [0.15, 0.2) is 107 Å². The Labute approximate surface area is 204 Å². The van der Waals surface area contributed by atoms with Gasteiger partial charge in [0.2, 0.25) is 5.78 Å². The molecule has 2 aromatic carbocycles. The number of hydrogen-bond acceptors (Lipinski definition) is 5. The zero-order chi connectivity index (χ0) is 22.9. The molecule has 0 aliphatic heterocycles. The van der Waals surface area contributed by atoms with Gasteiger partial charge in [0, 0.05) is 21.9 Å². The van der Waals surface area contributed by atoms with Gasteiger partial charge in [-0.2, -0.15) is 32.9 Å². The molecule has 4 aromatic heterocycles. The Morgan fingerprint density at radius 3 is 1.44 bits per heavy atom. The topological polar surface area (TPSA) is 52.7 Å². The highest BCUT2D eigenvalue weighted by atomic mass is 32.1. The van der Waals surface area contributed by atoms with E-state index in [0.29, 0.717) is 11.1 Å². The van der Waals surface area contributed by atoms with Crippen molar-refractivity contribution in [2.24, 2.45) is 0 Å². The molecule has 6 rings (SSSR count). The highest BCUT2D eigenvalue weighted by Gasteiger charge is 2.26. The molecule has 0 aliphatic rings. The number of rotatable bonds is 6. The van der Waals surface area contributed by atoms with Crippen LogP contribution in [0.5, 0.6) is 0 Å². The highest BCUT2D eigenvalue weighted by Crippen LogP contribution is 2.34. The molecule has 0 N–H and O–H groups in total. The first-order valence-electron chi connectivity index (χ1n) is 10.7. The molecule has 0 unspecified atom stereocenters. The molecule has 0 spiro atoms. The highest BCUT2D eigenvalue weighted by molar-refractivity contribution is 7.08. The van der Waals surface area contributed by atoms with Crippen LogP contribution >= 0.6 is 22.7 Å². The number of thiophene rings is 2. The zero-order valence-electron chi connectivity index (χ0n) is 17.9. The Kier molecular flexibility index (Phi) is 5.25. The molecular weight excluding hydrogens is 460 g/mol. The molecule has 0 fully saturated rings. The minimum absolute atomic E-state index is 0.105. The van der Waals surface area contributed by atoms with Crippen molar-refractivity contribution in [3.8, 4) is 33.9 Å². The first-order chi connectivity index (χ1) is 16.8. The molecular formula is C27H18N4OS2. The summed E-state index contributed by atoms with van der Waals surface area (Å²) in [6, 6.07) is 23.8. The average molecular weight is 479 g/mol. The summed E-state index contributed by atoms with van der Waals surface area (Å²) in [5, 5.41) is 17.3. The van der Waals surface area contributed by atoms with Gasteiger partial charge in [0.05, 0.1) is 46.3 Å². The Bertz CT molecular complexity index is 1430. The fourth-order valence-corrected chi connectivity index (χ4v) is 5.34. The lowest BCUT2D eigenvalue weighted by molar-refractivity contribution is 0.104.